The molecule has 0 bridgehead atoms. The van der Waals surface area contributed by atoms with E-state index in [1.807, 2.05) is 0 Å². The summed E-state index contributed by atoms with van der Waals surface area (Å²) in [6.07, 6.45) is 1.21. The van der Waals surface area contributed by atoms with Gasteiger partial charge in [0.25, 0.3) is 0 Å². The summed E-state index contributed by atoms with van der Waals surface area (Å²) in [4.78, 5) is 0. The average molecular weight is 288 g/mol. The molecule has 0 fully saturated rings. The van der Waals surface area contributed by atoms with Gasteiger partial charge in [0, 0.05) is 9.84 Å². The Labute approximate surface area is 94.9 Å². The number of benzene rings is 1. The van der Waals surface area contributed by atoms with Crippen molar-refractivity contribution in [2.75, 3.05) is 4.43 Å². The fourth-order valence-corrected chi connectivity index (χ4v) is 2.31. The van der Waals surface area contributed by atoms with Crippen molar-refractivity contribution in [3.05, 3.63) is 35.4 Å². The summed E-state index contributed by atoms with van der Waals surface area (Å²) in [5.74, 6) is 0. The second kappa shape index (κ2) is 4.45. The van der Waals surface area contributed by atoms with E-state index in [1.165, 1.54) is 22.0 Å². The van der Waals surface area contributed by atoms with Crippen LogP contribution in [0.3, 0.4) is 0 Å². The van der Waals surface area contributed by atoms with E-state index in [0.29, 0.717) is 5.41 Å². The van der Waals surface area contributed by atoms with Gasteiger partial charge < -0.3 is 0 Å². The van der Waals surface area contributed by atoms with Crippen LogP contribution >= 0.6 is 22.6 Å². The predicted molar refractivity (Wildman–Crippen MR) is 67.7 cm³/mol. The summed E-state index contributed by atoms with van der Waals surface area (Å²) in [7, 11) is 0. The number of hydrogen-bond donors (Lipinski definition) is 0. The highest BCUT2D eigenvalue weighted by atomic mass is 127. The molecule has 0 aliphatic carbocycles. The highest BCUT2D eigenvalue weighted by Crippen LogP contribution is 2.29. The standard InChI is InChI=1S/C12H17I/c1-4-12(3,9-13)11-7-5-10(2)6-8-11/h5-8H,4,9H2,1-3H3. The van der Waals surface area contributed by atoms with Crippen molar-refractivity contribution >= 4 is 22.6 Å². The number of halogens is 1. The Bertz CT molecular complexity index is 257. The van der Waals surface area contributed by atoms with Crippen LogP contribution in [0.5, 0.6) is 0 Å². The Morgan fingerprint density at radius 1 is 1.23 bits per heavy atom. The van der Waals surface area contributed by atoms with Crippen LogP contribution in [0.4, 0.5) is 0 Å². The monoisotopic (exact) mass is 288 g/mol. The maximum Gasteiger partial charge on any atom is 0.00898 e. The molecule has 0 aliphatic rings. The van der Waals surface area contributed by atoms with Gasteiger partial charge in [-0.25, -0.2) is 0 Å². The van der Waals surface area contributed by atoms with Crippen molar-refractivity contribution < 1.29 is 0 Å². The molecule has 1 aromatic rings. The molecule has 0 saturated carbocycles. The molecule has 0 aliphatic heterocycles. The SMILES string of the molecule is CCC(C)(CI)c1ccc(C)cc1. The molecule has 0 spiro atoms. The molecule has 0 heterocycles. The zero-order valence-corrected chi connectivity index (χ0v) is 10.8. The lowest BCUT2D eigenvalue weighted by atomic mass is 9.82. The van der Waals surface area contributed by atoms with Crippen molar-refractivity contribution in [3.63, 3.8) is 0 Å². The van der Waals surface area contributed by atoms with Crippen molar-refractivity contribution in [2.45, 2.75) is 32.6 Å². The molecule has 1 rings (SSSR count). The van der Waals surface area contributed by atoms with Crippen LogP contribution in [-0.2, 0) is 5.41 Å². The van der Waals surface area contributed by atoms with Crippen LogP contribution in [0.15, 0.2) is 24.3 Å². The van der Waals surface area contributed by atoms with Crippen LogP contribution in [0, 0.1) is 6.92 Å². The lowest BCUT2D eigenvalue weighted by molar-refractivity contribution is 0.524. The van der Waals surface area contributed by atoms with Crippen LogP contribution < -0.4 is 0 Å². The third-order valence-electron chi connectivity index (χ3n) is 2.82. The van der Waals surface area contributed by atoms with E-state index >= 15 is 0 Å². The second-order valence-corrected chi connectivity index (χ2v) is 4.68. The minimum Gasteiger partial charge on any atom is -0.0854 e. The maximum absolute atomic E-state index is 2.48. The molecule has 1 unspecified atom stereocenters. The summed E-state index contributed by atoms with van der Waals surface area (Å²) < 4.78 is 1.18. The highest BCUT2D eigenvalue weighted by Gasteiger charge is 2.22. The van der Waals surface area contributed by atoms with Crippen molar-refractivity contribution in [2.24, 2.45) is 0 Å². The summed E-state index contributed by atoms with van der Waals surface area (Å²) in [6.45, 7) is 6.74. The molecule has 1 atom stereocenters. The molecular formula is C12H17I. The quantitative estimate of drug-likeness (QED) is 0.580. The van der Waals surface area contributed by atoms with E-state index in [2.05, 4.69) is 67.6 Å². The minimum absolute atomic E-state index is 0.355. The van der Waals surface area contributed by atoms with Gasteiger partial charge in [-0.3, -0.25) is 0 Å². The maximum atomic E-state index is 2.48. The molecule has 13 heavy (non-hydrogen) atoms. The van der Waals surface area contributed by atoms with Gasteiger partial charge in [-0.05, 0) is 18.9 Å². The first-order valence-electron chi connectivity index (χ1n) is 4.75. The van der Waals surface area contributed by atoms with E-state index in [0.717, 1.165) is 0 Å². The normalized spacial score (nSPS) is 15.4. The van der Waals surface area contributed by atoms with Gasteiger partial charge in [-0.2, -0.15) is 0 Å². The Balaban J connectivity index is 2.99. The first-order valence-corrected chi connectivity index (χ1v) is 6.28. The Morgan fingerprint density at radius 3 is 2.15 bits per heavy atom. The number of rotatable bonds is 3. The van der Waals surface area contributed by atoms with Crippen molar-refractivity contribution in [3.8, 4) is 0 Å². The molecule has 0 amide bonds. The molecule has 0 N–H and O–H groups in total. The smallest absolute Gasteiger partial charge is 0.00898 e. The zero-order valence-electron chi connectivity index (χ0n) is 8.60. The van der Waals surface area contributed by atoms with E-state index < -0.39 is 0 Å². The zero-order chi connectivity index (χ0) is 9.90. The second-order valence-electron chi connectivity index (χ2n) is 3.91. The average Bonchev–Trinajstić information content (AvgIpc) is 2.18. The van der Waals surface area contributed by atoms with Gasteiger partial charge in [-0.1, -0.05) is 66.3 Å². The number of alkyl halides is 1. The fourth-order valence-electron chi connectivity index (χ4n) is 1.33. The molecule has 0 nitrogen and oxygen atoms in total. The van der Waals surface area contributed by atoms with Crippen LogP contribution in [0.25, 0.3) is 0 Å². The third kappa shape index (κ3) is 2.46. The van der Waals surface area contributed by atoms with Gasteiger partial charge in [0.1, 0.15) is 0 Å². The van der Waals surface area contributed by atoms with E-state index in [9.17, 15) is 0 Å². The van der Waals surface area contributed by atoms with Gasteiger partial charge in [-0.15, -0.1) is 0 Å². The van der Waals surface area contributed by atoms with Gasteiger partial charge in [0.2, 0.25) is 0 Å². The number of aryl methyl sites for hydroxylation is 1. The van der Waals surface area contributed by atoms with Gasteiger partial charge >= 0.3 is 0 Å². The minimum atomic E-state index is 0.355. The van der Waals surface area contributed by atoms with Crippen LogP contribution in [0.2, 0.25) is 0 Å². The molecular weight excluding hydrogens is 271 g/mol. The molecule has 72 valence electrons. The largest absolute Gasteiger partial charge is 0.0854 e. The Hall–Kier alpha value is -0.0500. The lowest BCUT2D eigenvalue weighted by Crippen LogP contribution is -2.22. The topological polar surface area (TPSA) is 0 Å². The molecule has 0 saturated heterocycles. The van der Waals surface area contributed by atoms with E-state index in [1.54, 1.807) is 0 Å². The molecule has 1 aromatic carbocycles. The fraction of sp³-hybridized carbons (Fsp3) is 0.500. The first kappa shape index (κ1) is 11.0. The summed E-state index contributed by atoms with van der Waals surface area (Å²) in [6, 6.07) is 8.93. The van der Waals surface area contributed by atoms with E-state index in [4.69, 9.17) is 0 Å². The first-order chi connectivity index (χ1) is 6.12. The predicted octanol–water partition coefficient (Wildman–Crippen LogP) is 4.10. The molecule has 0 aromatic heterocycles. The Morgan fingerprint density at radius 2 is 1.77 bits per heavy atom. The van der Waals surface area contributed by atoms with Crippen molar-refractivity contribution in [1.82, 2.24) is 0 Å². The molecule has 0 radical (unpaired) electrons. The third-order valence-corrected chi connectivity index (χ3v) is 4.51. The molecule has 1 heteroatoms. The van der Waals surface area contributed by atoms with Crippen molar-refractivity contribution in [1.29, 1.82) is 0 Å². The van der Waals surface area contributed by atoms with Gasteiger partial charge in [0.05, 0.1) is 0 Å². The van der Waals surface area contributed by atoms with Gasteiger partial charge in [0.15, 0.2) is 0 Å². The summed E-state index contributed by atoms with van der Waals surface area (Å²) in [5, 5.41) is 0. The lowest BCUT2D eigenvalue weighted by Gasteiger charge is -2.26. The van der Waals surface area contributed by atoms with Crippen LogP contribution in [0.1, 0.15) is 31.4 Å². The highest BCUT2D eigenvalue weighted by molar-refractivity contribution is 14.1. The summed E-state index contributed by atoms with van der Waals surface area (Å²) in [5.41, 5.74) is 3.17. The Kier molecular flexibility index (Phi) is 3.77. The van der Waals surface area contributed by atoms with Crippen LogP contribution in [-0.4, -0.2) is 4.43 Å². The van der Waals surface area contributed by atoms with E-state index in [-0.39, 0.29) is 0 Å². The number of hydrogen-bond acceptors (Lipinski definition) is 0. The summed E-state index contributed by atoms with van der Waals surface area (Å²) >= 11 is 2.48.